The lowest BCUT2D eigenvalue weighted by Gasteiger charge is -2.18. The summed E-state index contributed by atoms with van der Waals surface area (Å²) in [5.74, 6) is -0.0529. The van der Waals surface area contributed by atoms with Crippen LogP contribution in [-0.4, -0.2) is 54.6 Å². The lowest BCUT2D eigenvalue weighted by Crippen LogP contribution is -2.30. The average Bonchev–Trinajstić information content (AvgIpc) is 3.30. The number of alkyl halides is 3. The molecule has 3 rings (SSSR count). The Labute approximate surface area is 238 Å². The third-order valence-electron chi connectivity index (χ3n) is 6.06. The molecule has 2 aromatic carbocycles. The van der Waals surface area contributed by atoms with Gasteiger partial charge in [-0.3, -0.25) is 0 Å². The Hall–Kier alpha value is -2.96. The van der Waals surface area contributed by atoms with Crippen LogP contribution in [0.3, 0.4) is 0 Å². The van der Waals surface area contributed by atoms with Crippen molar-refractivity contribution in [2.45, 2.75) is 57.7 Å². The molecule has 0 aliphatic rings. The van der Waals surface area contributed by atoms with Gasteiger partial charge in [-0.2, -0.15) is 13.2 Å². The summed E-state index contributed by atoms with van der Waals surface area (Å²) in [4.78, 5) is 16.4. The normalized spacial score (nSPS) is 12.0. The quantitative estimate of drug-likeness (QED) is 0.203. The molecule has 1 aromatic heterocycles. The summed E-state index contributed by atoms with van der Waals surface area (Å²) in [5, 5.41) is 13.9. The van der Waals surface area contributed by atoms with E-state index in [9.17, 15) is 18.0 Å². The Morgan fingerprint density at radius 2 is 1.90 bits per heavy atom. The molecule has 222 valence electrons. The van der Waals surface area contributed by atoms with Crippen molar-refractivity contribution >= 4 is 40.4 Å². The Bertz CT molecular complexity index is 1190. The molecule has 0 radical (unpaired) electrons. The Morgan fingerprint density at radius 3 is 2.48 bits per heavy atom. The van der Waals surface area contributed by atoms with Crippen molar-refractivity contribution < 1.29 is 27.8 Å². The van der Waals surface area contributed by atoms with E-state index >= 15 is 0 Å². The number of carbonyl (C=O) groups is 1. The van der Waals surface area contributed by atoms with Gasteiger partial charge in [0.2, 0.25) is 5.82 Å². The number of ether oxygens (including phenoxy) is 1. The van der Waals surface area contributed by atoms with E-state index in [0.29, 0.717) is 28.8 Å². The number of hydrogen-bond donors (Lipinski definition) is 3. The number of benzene rings is 2. The lowest BCUT2D eigenvalue weighted by atomic mass is 10.1. The smallest absolute Gasteiger partial charge is 0.395 e. The number of aliphatic hydroxyl groups is 1. The molecular formula is C28H40F3N5O3S. The van der Waals surface area contributed by atoms with Gasteiger partial charge in [-0.25, -0.2) is 9.78 Å². The van der Waals surface area contributed by atoms with E-state index in [2.05, 4.69) is 29.5 Å². The molecule has 1 atom stereocenters. The van der Waals surface area contributed by atoms with Gasteiger partial charge in [-0.1, -0.05) is 27.2 Å². The predicted octanol–water partition coefficient (Wildman–Crippen LogP) is 6.79. The summed E-state index contributed by atoms with van der Waals surface area (Å²) in [6.45, 7) is 7.46. The van der Waals surface area contributed by atoms with Crippen LogP contribution in [0, 0.1) is 5.92 Å². The minimum Gasteiger partial charge on any atom is -0.395 e. The zero-order valence-corrected chi connectivity index (χ0v) is 24.5. The van der Waals surface area contributed by atoms with Gasteiger partial charge in [0.25, 0.3) is 0 Å². The number of nitrogens with one attached hydrogen (secondary N) is 2. The van der Waals surface area contributed by atoms with Crippen molar-refractivity contribution in [2.75, 3.05) is 43.5 Å². The van der Waals surface area contributed by atoms with Gasteiger partial charge in [0.15, 0.2) is 0 Å². The predicted molar refractivity (Wildman–Crippen MR) is 156 cm³/mol. The fourth-order valence-corrected chi connectivity index (χ4v) is 4.45. The van der Waals surface area contributed by atoms with Crippen molar-refractivity contribution in [2.24, 2.45) is 5.92 Å². The summed E-state index contributed by atoms with van der Waals surface area (Å²) >= 11 is 1.39. The first-order chi connectivity index (χ1) is 19.0. The first kappa shape index (κ1) is 33.2. The molecule has 0 bridgehead atoms. The Kier molecular flexibility index (Phi) is 13.6. The van der Waals surface area contributed by atoms with Crippen molar-refractivity contribution in [3.63, 3.8) is 0 Å². The second-order valence-electron chi connectivity index (χ2n) is 9.27. The van der Waals surface area contributed by atoms with Crippen LogP contribution >= 0.6 is 11.9 Å². The number of rotatable bonds is 12. The monoisotopic (exact) mass is 583 g/mol. The average molecular weight is 584 g/mol. The number of nitrogens with zero attached hydrogens (tertiary/aromatic N) is 3. The highest BCUT2D eigenvalue weighted by Crippen LogP contribution is 2.34. The Balaban J connectivity index is 0.000000611. The number of urea groups is 1. The number of fused-ring (bicyclic) bond motifs is 1. The number of anilines is 2. The van der Waals surface area contributed by atoms with Crippen LogP contribution in [-0.2, 0) is 17.5 Å². The minimum absolute atomic E-state index is 0.141. The van der Waals surface area contributed by atoms with Crippen LogP contribution in [0.1, 0.15) is 45.9 Å². The van der Waals surface area contributed by atoms with E-state index in [0.717, 1.165) is 17.4 Å². The molecule has 1 unspecified atom stereocenters. The number of aryl methyl sites for hydroxylation is 1. The van der Waals surface area contributed by atoms with Gasteiger partial charge in [0.1, 0.15) is 0 Å². The molecule has 0 spiro atoms. The standard InChI is InChI=1S/C21H24F3N5O2S.C7H16O/c1-3-11-29-18-9-6-15(13-17(18)27-19(29)21(22,23)24)28(2)32-16-7-4-14(5-8-16)26-20(31)25-10-12-30;1-4-7(2)5-6-8-3/h4-9,13,30H,3,10-12H2,1-2H3,(H2,25,26,31);7H,4-6H2,1-3H3. The minimum atomic E-state index is -4.51. The molecule has 3 aromatic rings. The largest absolute Gasteiger partial charge is 0.449 e. The molecule has 0 fully saturated rings. The first-order valence-electron chi connectivity index (χ1n) is 13.3. The maximum absolute atomic E-state index is 13.4. The van der Waals surface area contributed by atoms with Crippen LogP contribution in [0.5, 0.6) is 0 Å². The van der Waals surface area contributed by atoms with Crippen LogP contribution in [0.15, 0.2) is 47.4 Å². The fourth-order valence-electron chi connectivity index (χ4n) is 3.66. The third-order valence-corrected chi connectivity index (χ3v) is 7.03. The van der Waals surface area contributed by atoms with Gasteiger partial charge in [-0.05, 0) is 73.2 Å². The molecule has 40 heavy (non-hydrogen) atoms. The highest BCUT2D eigenvalue weighted by atomic mass is 32.2. The molecule has 12 heteroatoms. The number of hydrogen-bond acceptors (Lipinski definition) is 6. The number of carbonyl (C=O) groups excluding carboxylic acids is 1. The maximum atomic E-state index is 13.4. The lowest BCUT2D eigenvalue weighted by molar-refractivity contribution is -0.146. The van der Waals surface area contributed by atoms with Crippen molar-refractivity contribution in [3.05, 3.63) is 48.3 Å². The second-order valence-corrected chi connectivity index (χ2v) is 10.5. The second kappa shape index (κ2) is 16.3. The molecule has 0 saturated carbocycles. The summed E-state index contributed by atoms with van der Waals surface area (Å²) in [7, 11) is 3.57. The Morgan fingerprint density at radius 1 is 1.20 bits per heavy atom. The first-order valence-corrected chi connectivity index (χ1v) is 14.0. The topological polar surface area (TPSA) is 91.7 Å². The zero-order valence-electron chi connectivity index (χ0n) is 23.7. The summed E-state index contributed by atoms with van der Waals surface area (Å²) < 4.78 is 48.1. The fraction of sp³-hybridized carbons (Fsp3) is 0.500. The van der Waals surface area contributed by atoms with Crippen molar-refractivity contribution in [1.29, 1.82) is 0 Å². The summed E-state index contributed by atoms with van der Waals surface area (Å²) in [6, 6.07) is 11.8. The number of aromatic nitrogens is 2. The molecule has 8 nitrogen and oxygen atoms in total. The van der Waals surface area contributed by atoms with Gasteiger partial charge in [0.05, 0.1) is 17.6 Å². The SMILES string of the molecule is CCC(C)CCOC.CCCn1c(C(F)(F)F)nc2cc(N(C)Sc3ccc(NC(=O)NCCO)cc3)ccc21. The molecule has 0 saturated heterocycles. The molecule has 0 aliphatic carbocycles. The van der Waals surface area contributed by atoms with E-state index < -0.39 is 18.0 Å². The van der Waals surface area contributed by atoms with Gasteiger partial charge in [-0.15, -0.1) is 0 Å². The van der Waals surface area contributed by atoms with E-state index in [1.165, 1.54) is 29.4 Å². The molecule has 0 aliphatic heterocycles. The highest BCUT2D eigenvalue weighted by Gasteiger charge is 2.37. The van der Waals surface area contributed by atoms with Gasteiger partial charge >= 0.3 is 12.2 Å². The van der Waals surface area contributed by atoms with E-state index in [4.69, 9.17) is 9.84 Å². The maximum Gasteiger partial charge on any atom is 0.449 e. The summed E-state index contributed by atoms with van der Waals surface area (Å²) in [6.07, 6.45) is -1.48. The molecular weight excluding hydrogens is 543 g/mol. The van der Waals surface area contributed by atoms with Crippen molar-refractivity contribution in [3.8, 4) is 0 Å². The molecule has 2 amide bonds. The number of aliphatic hydroxyl groups excluding tert-OH is 1. The molecule has 1 heterocycles. The third kappa shape index (κ3) is 10.2. The highest BCUT2D eigenvalue weighted by molar-refractivity contribution is 8.00. The van der Waals surface area contributed by atoms with E-state index in [1.807, 2.05) is 30.4 Å². The zero-order chi connectivity index (χ0) is 29.7. The van der Waals surface area contributed by atoms with Crippen molar-refractivity contribution in [1.82, 2.24) is 14.9 Å². The number of amides is 2. The van der Waals surface area contributed by atoms with E-state index in [1.54, 1.807) is 37.4 Å². The molecule has 3 N–H and O–H groups in total. The number of imidazole rings is 1. The van der Waals surface area contributed by atoms with Crippen LogP contribution in [0.25, 0.3) is 11.0 Å². The van der Waals surface area contributed by atoms with Gasteiger partial charge in [0, 0.05) is 50.1 Å². The van der Waals surface area contributed by atoms with Crippen LogP contribution < -0.4 is 14.9 Å². The van der Waals surface area contributed by atoms with Crippen LogP contribution in [0.4, 0.5) is 29.3 Å². The van der Waals surface area contributed by atoms with Crippen LogP contribution in [0.2, 0.25) is 0 Å². The van der Waals surface area contributed by atoms with Gasteiger partial charge < -0.3 is 29.3 Å². The van der Waals surface area contributed by atoms with E-state index in [-0.39, 0.29) is 19.7 Å². The number of halogens is 3. The number of methoxy groups -OCH3 is 1. The summed E-state index contributed by atoms with van der Waals surface area (Å²) in [5.41, 5.74) is 2.05.